The van der Waals surface area contributed by atoms with Crippen LogP contribution in [0.15, 0.2) is 0 Å². The first kappa shape index (κ1) is 13.9. The molecule has 3 atom stereocenters. The lowest BCUT2D eigenvalue weighted by atomic mass is 9.91. The Hall–Kier alpha value is -0.120. The first-order chi connectivity index (χ1) is 7.50. The summed E-state index contributed by atoms with van der Waals surface area (Å²) in [6.45, 7) is 9.35. The Morgan fingerprint density at radius 3 is 2.75 bits per heavy atom. The highest BCUT2D eigenvalue weighted by molar-refractivity contribution is 4.87. The minimum atomic E-state index is -0.139. The van der Waals surface area contributed by atoms with Gasteiger partial charge in [-0.1, -0.05) is 6.92 Å². The number of likely N-dealkylation sites (N-methyl/N-ethyl adjacent to an activating group) is 1. The van der Waals surface area contributed by atoms with Gasteiger partial charge in [0.2, 0.25) is 0 Å². The minimum absolute atomic E-state index is 0.139. The van der Waals surface area contributed by atoms with Crippen LogP contribution in [0.4, 0.5) is 0 Å². The smallest absolute Gasteiger partial charge is 0.0611 e. The third-order valence-corrected chi connectivity index (χ3v) is 4.01. The van der Waals surface area contributed by atoms with Gasteiger partial charge in [-0.2, -0.15) is 0 Å². The SMILES string of the molecule is CNC(C)(CO)CC(C)N1CCCC(C)C1. The summed E-state index contributed by atoms with van der Waals surface area (Å²) >= 11 is 0. The summed E-state index contributed by atoms with van der Waals surface area (Å²) in [6.07, 6.45) is 3.69. The zero-order valence-corrected chi connectivity index (χ0v) is 11.3. The van der Waals surface area contributed by atoms with Gasteiger partial charge in [0.15, 0.2) is 0 Å². The Morgan fingerprint density at radius 1 is 1.56 bits per heavy atom. The second-order valence-corrected chi connectivity index (χ2v) is 5.76. The maximum absolute atomic E-state index is 9.40. The molecule has 0 saturated carbocycles. The summed E-state index contributed by atoms with van der Waals surface area (Å²) in [5.74, 6) is 0.825. The first-order valence-electron chi connectivity index (χ1n) is 6.54. The molecule has 1 heterocycles. The number of aliphatic hydroxyl groups excluding tert-OH is 1. The van der Waals surface area contributed by atoms with Crippen molar-refractivity contribution >= 4 is 0 Å². The zero-order valence-electron chi connectivity index (χ0n) is 11.3. The molecule has 3 heteroatoms. The summed E-state index contributed by atoms with van der Waals surface area (Å²) in [5.41, 5.74) is -0.139. The maximum atomic E-state index is 9.40. The Bertz CT molecular complexity index is 204. The van der Waals surface area contributed by atoms with E-state index in [1.807, 2.05) is 7.05 Å². The van der Waals surface area contributed by atoms with Gasteiger partial charge in [0.1, 0.15) is 0 Å². The molecule has 3 nitrogen and oxygen atoms in total. The third kappa shape index (κ3) is 3.72. The average Bonchev–Trinajstić information content (AvgIpc) is 2.29. The Morgan fingerprint density at radius 2 is 2.25 bits per heavy atom. The lowest BCUT2D eigenvalue weighted by molar-refractivity contribution is 0.0911. The molecule has 1 fully saturated rings. The van der Waals surface area contributed by atoms with E-state index in [1.54, 1.807) is 0 Å². The lowest BCUT2D eigenvalue weighted by Gasteiger charge is -2.39. The molecular formula is C13H28N2O. The average molecular weight is 228 g/mol. The van der Waals surface area contributed by atoms with Crippen molar-refractivity contribution in [3.8, 4) is 0 Å². The van der Waals surface area contributed by atoms with E-state index >= 15 is 0 Å². The van der Waals surface area contributed by atoms with Crippen LogP contribution in [0.3, 0.4) is 0 Å². The van der Waals surface area contributed by atoms with E-state index in [2.05, 4.69) is 31.0 Å². The lowest BCUT2D eigenvalue weighted by Crippen LogP contribution is -2.50. The molecule has 0 aliphatic carbocycles. The Kier molecular flexibility index (Phi) is 5.22. The predicted molar refractivity (Wildman–Crippen MR) is 68.6 cm³/mol. The van der Waals surface area contributed by atoms with Gasteiger partial charge in [-0.15, -0.1) is 0 Å². The summed E-state index contributed by atoms with van der Waals surface area (Å²) in [6, 6.07) is 0.548. The van der Waals surface area contributed by atoms with Crippen LogP contribution >= 0.6 is 0 Å². The standard InChI is InChI=1S/C13H28N2O/c1-11-6-5-7-15(9-11)12(2)8-13(3,10-16)14-4/h11-12,14,16H,5-10H2,1-4H3. The van der Waals surface area contributed by atoms with E-state index in [0.717, 1.165) is 12.3 Å². The van der Waals surface area contributed by atoms with Crippen molar-refractivity contribution in [1.82, 2.24) is 10.2 Å². The van der Waals surface area contributed by atoms with E-state index in [0.29, 0.717) is 6.04 Å². The van der Waals surface area contributed by atoms with Crippen LogP contribution in [0.1, 0.15) is 40.0 Å². The Balaban J connectivity index is 2.47. The van der Waals surface area contributed by atoms with Gasteiger partial charge in [-0.05, 0) is 52.6 Å². The van der Waals surface area contributed by atoms with E-state index in [9.17, 15) is 5.11 Å². The predicted octanol–water partition coefficient (Wildman–Crippen LogP) is 1.47. The van der Waals surface area contributed by atoms with Crippen molar-refractivity contribution in [3.05, 3.63) is 0 Å². The number of hydrogen-bond donors (Lipinski definition) is 2. The molecular weight excluding hydrogens is 200 g/mol. The molecule has 16 heavy (non-hydrogen) atoms. The number of nitrogens with zero attached hydrogens (tertiary/aromatic N) is 1. The van der Waals surface area contributed by atoms with E-state index in [-0.39, 0.29) is 12.1 Å². The topological polar surface area (TPSA) is 35.5 Å². The van der Waals surface area contributed by atoms with Gasteiger partial charge in [0, 0.05) is 18.1 Å². The quantitative estimate of drug-likeness (QED) is 0.748. The number of hydrogen-bond acceptors (Lipinski definition) is 3. The molecule has 96 valence electrons. The van der Waals surface area contributed by atoms with Crippen molar-refractivity contribution in [1.29, 1.82) is 0 Å². The normalized spacial score (nSPS) is 28.7. The fourth-order valence-corrected chi connectivity index (χ4v) is 2.65. The maximum Gasteiger partial charge on any atom is 0.0611 e. The Labute approximate surface area is 100 Å². The van der Waals surface area contributed by atoms with Crippen LogP contribution in [0.2, 0.25) is 0 Å². The molecule has 0 spiro atoms. The number of nitrogens with one attached hydrogen (secondary N) is 1. The number of rotatable bonds is 5. The summed E-state index contributed by atoms with van der Waals surface area (Å²) in [7, 11) is 1.93. The summed E-state index contributed by atoms with van der Waals surface area (Å²) in [5, 5.41) is 12.6. The zero-order chi connectivity index (χ0) is 12.2. The highest BCUT2D eigenvalue weighted by Crippen LogP contribution is 2.22. The van der Waals surface area contributed by atoms with Crippen LogP contribution in [-0.2, 0) is 0 Å². The summed E-state index contributed by atoms with van der Waals surface area (Å²) < 4.78 is 0. The summed E-state index contributed by atoms with van der Waals surface area (Å²) in [4.78, 5) is 2.57. The van der Waals surface area contributed by atoms with Crippen molar-refractivity contribution in [2.24, 2.45) is 5.92 Å². The molecule has 0 aromatic heterocycles. The third-order valence-electron chi connectivity index (χ3n) is 4.01. The molecule has 0 amide bonds. The van der Waals surface area contributed by atoms with Gasteiger partial charge in [-0.25, -0.2) is 0 Å². The number of aliphatic hydroxyl groups is 1. The molecule has 1 saturated heterocycles. The van der Waals surface area contributed by atoms with E-state index in [4.69, 9.17) is 0 Å². The van der Waals surface area contributed by atoms with Crippen molar-refractivity contribution in [2.75, 3.05) is 26.7 Å². The van der Waals surface area contributed by atoms with Gasteiger partial charge in [0.25, 0.3) is 0 Å². The monoisotopic (exact) mass is 228 g/mol. The molecule has 0 aromatic carbocycles. The molecule has 0 radical (unpaired) electrons. The van der Waals surface area contributed by atoms with Crippen molar-refractivity contribution in [2.45, 2.75) is 51.6 Å². The van der Waals surface area contributed by atoms with Gasteiger partial charge in [0.05, 0.1) is 6.61 Å². The molecule has 3 unspecified atom stereocenters. The van der Waals surface area contributed by atoms with Crippen LogP contribution in [0, 0.1) is 5.92 Å². The van der Waals surface area contributed by atoms with Crippen LogP contribution in [0.5, 0.6) is 0 Å². The highest BCUT2D eigenvalue weighted by atomic mass is 16.3. The van der Waals surface area contributed by atoms with Gasteiger partial charge in [-0.3, -0.25) is 0 Å². The first-order valence-corrected chi connectivity index (χ1v) is 6.54. The fourth-order valence-electron chi connectivity index (χ4n) is 2.65. The fraction of sp³-hybridized carbons (Fsp3) is 1.00. The van der Waals surface area contributed by atoms with Crippen LogP contribution < -0.4 is 5.32 Å². The van der Waals surface area contributed by atoms with Crippen molar-refractivity contribution < 1.29 is 5.11 Å². The molecule has 1 aliphatic rings. The van der Waals surface area contributed by atoms with Gasteiger partial charge >= 0.3 is 0 Å². The van der Waals surface area contributed by atoms with Crippen LogP contribution in [0.25, 0.3) is 0 Å². The second-order valence-electron chi connectivity index (χ2n) is 5.76. The molecule has 1 aliphatic heterocycles. The highest BCUT2D eigenvalue weighted by Gasteiger charge is 2.28. The molecule has 0 aromatic rings. The number of likely N-dealkylation sites (tertiary alicyclic amines) is 1. The number of piperidine rings is 1. The van der Waals surface area contributed by atoms with Gasteiger partial charge < -0.3 is 15.3 Å². The molecule has 0 bridgehead atoms. The minimum Gasteiger partial charge on any atom is -0.394 e. The van der Waals surface area contributed by atoms with Crippen LogP contribution in [-0.4, -0.2) is 48.3 Å². The van der Waals surface area contributed by atoms with E-state index in [1.165, 1.54) is 25.9 Å². The molecule has 2 N–H and O–H groups in total. The molecule has 1 rings (SSSR count). The largest absolute Gasteiger partial charge is 0.394 e. The van der Waals surface area contributed by atoms with Crippen molar-refractivity contribution in [3.63, 3.8) is 0 Å². The van der Waals surface area contributed by atoms with E-state index < -0.39 is 0 Å². The second kappa shape index (κ2) is 5.99.